The first kappa shape index (κ1) is 20.1. The minimum Gasteiger partial charge on any atom is -0.353 e. The third kappa shape index (κ3) is 3.80. The van der Waals surface area contributed by atoms with Gasteiger partial charge in [-0.15, -0.1) is 0 Å². The van der Waals surface area contributed by atoms with Crippen LogP contribution >= 0.6 is 0 Å². The lowest BCUT2D eigenvalue weighted by Crippen LogP contribution is -2.49. The fraction of sp³-hybridized carbons (Fsp3) is 0.400. The monoisotopic (exact) mass is 426 g/mol. The highest BCUT2D eigenvalue weighted by atomic mass is 32.2. The molecule has 0 atom stereocenters. The predicted molar refractivity (Wildman–Crippen MR) is 112 cm³/mol. The van der Waals surface area contributed by atoms with E-state index in [-0.39, 0.29) is 11.7 Å². The molecule has 0 N–H and O–H groups in total. The van der Waals surface area contributed by atoms with E-state index in [1.807, 2.05) is 13.0 Å². The van der Waals surface area contributed by atoms with Crippen LogP contribution in [-0.2, 0) is 10.0 Å². The van der Waals surface area contributed by atoms with Crippen molar-refractivity contribution in [2.75, 3.05) is 47.7 Å². The molecule has 0 aliphatic carbocycles. The number of aryl methyl sites for hydroxylation is 1. The fourth-order valence-corrected chi connectivity index (χ4v) is 5.34. The van der Waals surface area contributed by atoms with Crippen molar-refractivity contribution in [1.29, 1.82) is 5.26 Å². The number of carbonyl (C=O) groups excluding carboxylic acids is 1. The average Bonchev–Trinajstić information content (AvgIpc) is 3.12. The number of aromatic nitrogens is 2. The second-order valence-electron chi connectivity index (χ2n) is 7.40. The van der Waals surface area contributed by atoms with Crippen LogP contribution < -0.4 is 9.21 Å². The Balaban J connectivity index is 1.40. The molecule has 0 saturated carbocycles. The van der Waals surface area contributed by atoms with Crippen molar-refractivity contribution in [1.82, 2.24) is 14.9 Å². The molecule has 0 spiro atoms. The van der Waals surface area contributed by atoms with Gasteiger partial charge in [0, 0.05) is 45.1 Å². The van der Waals surface area contributed by atoms with Crippen LogP contribution in [-0.4, -0.2) is 67.7 Å². The molecule has 10 heteroatoms. The minimum absolute atomic E-state index is 0.123. The van der Waals surface area contributed by atoms with Crippen molar-refractivity contribution in [2.45, 2.75) is 13.3 Å². The highest BCUT2D eigenvalue weighted by Gasteiger charge is 2.30. The van der Waals surface area contributed by atoms with Crippen LogP contribution in [0.3, 0.4) is 0 Å². The number of amides is 1. The molecule has 2 saturated heterocycles. The molecule has 4 heterocycles. The van der Waals surface area contributed by atoms with Crippen molar-refractivity contribution in [3.8, 4) is 6.07 Å². The van der Waals surface area contributed by atoms with E-state index in [9.17, 15) is 13.2 Å². The van der Waals surface area contributed by atoms with Gasteiger partial charge in [-0.3, -0.25) is 9.10 Å². The summed E-state index contributed by atoms with van der Waals surface area (Å²) in [6.07, 6.45) is 3.60. The maximum atomic E-state index is 12.8. The first-order valence-electron chi connectivity index (χ1n) is 9.76. The molecule has 0 aromatic carbocycles. The van der Waals surface area contributed by atoms with Crippen LogP contribution in [0.5, 0.6) is 0 Å². The summed E-state index contributed by atoms with van der Waals surface area (Å²) in [6, 6.07) is 7.13. The molecule has 2 aliphatic rings. The fourth-order valence-electron chi connectivity index (χ4n) is 3.82. The number of sulfonamides is 1. The molecule has 0 unspecified atom stereocenters. The van der Waals surface area contributed by atoms with E-state index in [2.05, 4.69) is 20.9 Å². The van der Waals surface area contributed by atoms with E-state index >= 15 is 0 Å². The van der Waals surface area contributed by atoms with Crippen molar-refractivity contribution in [3.63, 3.8) is 0 Å². The second kappa shape index (κ2) is 7.91. The number of anilines is 2. The molecule has 1 amide bonds. The highest BCUT2D eigenvalue weighted by molar-refractivity contribution is 7.93. The van der Waals surface area contributed by atoms with Gasteiger partial charge in [-0.2, -0.15) is 5.26 Å². The third-order valence-corrected chi connectivity index (χ3v) is 7.24. The lowest BCUT2D eigenvalue weighted by Gasteiger charge is -2.36. The van der Waals surface area contributed by atoms with Gasteiger partial charge in [0.05, 0.1) is 16.9 Å². The number of hydrogen-bond donors (Lipinski definition) is 0. The average molecular weight is 427 g/mol. The van der Waals surface area contributed by atoms with Crippen LogP contribution in [0.25, 0.3) is 0 Å². The van der Waals surface area contributed by atoms with Gasteiger partial charge < -0.3 is 9.80 Å². The second-order valence-corrected chi connectivity index (χ2v) is 9.42. The largest absolute Gasteiger partial charge is 0.353 e. The Kier molecular flexibility index (Phi) is 5.30. The topological polar surface area (TPSA) is 111 Å². The Labute approximate surface area is 175 Å². The first-order chi connectivity index (χ1) is 14.4. The van der Waals surface area contributed by atoms with Crippen LogP contribution in [0.1, 0.15) is 27.9 Å². The van der Waals surface area contributed by atoms with Crippen LogP contribution in [0.15, 0.2) is 30.6 Å². The maximum Gasteiger partial charge on any atom is 0.255 e. The first-order valence-corrected chi connectivity index (χ1v) is 11.4. The zero-order chi connectivity index (χ0) is 21.3. The van der Waals surface area contributed by atoms with Crippen molar-refractivity contribution in [3.05, 3.63) is 47.3 Å². The number of hydrogen-bond acceptors (Lipinski definition) is 7. The van der Waals surface area contributed by atoms with Gasteiger partial charge in [0.1, 0.15) is 17.7 Å². The molecule has 0 radical (unpaired) electrons. The van der Waals surface area contributed by atoms with Crippen LogP contribution in [0.2, 0.25) is 0 Å². The number of carbonyl (C=O) groups is 1. The molecular weight excluding hydrogens is 404 g/mol. The molecule has 4 rings (SSSR count). The van der Waals surface area contributed by atoms with E-state index in [0.717, 1.165) is 11.4 Å². The summed E-state index contributed by atoms with van der Waals surface area (Å²) in [4.78, 5) is 25.3. The van der Waals surface area contributed by atoms with Crippen molar-refractivity contribution < 1.29 is 13.2 Å². The number of nitriles is 1. The number of piperazine rings is 1. The highest BCUT2D eigenvalue weighted by Crippen LogP contribution is 2.23. The lowest BCUT2D eigenvalue weighted by atomic mass is 10.2. The molecule has 2 aliphatic heterocycles. The molecule has 2 fully saturated rings. The van der Waals surface area contributed by atoms with E-state index < -0.39 is 10.0 Å². The van der Waals surface area contributed by atoms with Gasteiger partial charge in [0.2, 0.25) is 10.0 Å². The minimum atomic E-state index is -3.29. The maximum absolute atomic E-state index is 12.8. The molecule has 30 heavy (non-hydrogen) atoms. The Bertz CT molecular complexity index is 1100. The Morgan fingerprint density at radius 3 is 2.43 bits per heavy atom. The van der Waals surface area contributed by atoms with Gasteiger partial charge in [0.15, 0.2) is 0 Å². The zero-order valence-corrected chi connectivity index (χ0v) is 17.5. The number of nitrogens with zero attached hydrogens (tertiary/aromatic N) is 6. The molecule has 2 aromatic rings. The summed E-state index contributed by atoms with van der Waals surface area (Å²) in [5.41, 5.74) is 1.91. The van der Waals surface area contributed by atoms with Crippen molar-refractivity contribution >= 4 is 27.6 Å². The van der Waals surface area contributed by atoms with Crippen molar-refractivity contribution in [2.24, 2.45) is 0 Å². The smallest absolute Gasteiger partial charge is 0.255 e. The Hall–Kier alpha value is -3.19. The van der Waals surface area contributed by atoms with Gasteiger partial charge in [-0.25, -0.2) is 18.4 Å². The quantitative estimate of drug-likeness (QED) is 0.724. The van der Waals surface area contributed by atoms with E-state index in [1.54, 1.807) is 23.2 Å². The van der Waals surface area contributed by atoms with Gasteiger partial charge in [0.25, 0.3) is 5.91 Å². The van der Waals surface area contributed by atoms with Crippen LogP contribution in [0, 0.1) is 18.3 Å². The Morgan fingerprint density at radius 2 is 1.87 bits per heavy atom. The predicted octanol–water partition coefficient (Wildman–Crippen LogP) is 1.16. The standard InChI is InChI=1S/C20H22N6O3S/c1-15-11-16(12-21)13-23-19(15)24-6-8-25(9-7-24)20(27)17-3-4-18(22-14-17)26-5-2-10-30(26,28)29/h3-4,11,13-14H,2,5-10H2,1H3. The normalized spacial score (nSPS) is 18.3. The summed E-state index contributed by atoms with van der Waals surface area (Å²) in [5.74, 6) is 1.20. The summed E-state index contributed by atoms with van der Waals surface area (Å²) in [6.45, 7) is 4.72. The number of rotatable bonds is 3. The summed E-state index contributed by atoms with van der Waals surface area (Å²) < 4.78 is 25.3. The van der Waals surface area contributed by atoms with Gasteiger partial charge >= 0.3 is 0 Å². The van der Waals surface area contributed by atoms with E-state index in [4.69, 9.17) is 5.26 Å². The zero-order valence-electron chi connectivity index (χ0n) is 16.7. The molecular formula is C20H22N6O3S. The van der Waals surface area contributed by atoms with Crippen LogP contribution in [0.4, 0.5) is 11.6 Å². The Morgan fingerprint density at radius 1 is 1.10 bits per heavy atom. The summed E-state index contributed by atoms with van der Waals surface area (Å²) >= 11 is 0. The molecule has 9 nitrogen and oxygen atoms in total. The van der Waals surface area contributed by atoms with E-state index in [1.165, 1.54) is 10.5 Å². The van der Waals surface area contributed by atoms with E-state index in [0.29, 0.717) is 56.1 Å². The molecule has 156 valence electrons. The van der Waals surface area contributed by atoms with Gasteiger partial charge in [-0.05, 0) is 37.1 Å². The summed E-state index contributed by atoms with van der Waals surface area (Å²) in [7, 11) is -3.29. The molecule has 0 bridgehead atoms. The van der Waals surface area contributed by atoms with Gasteiger partial charge in [-0.1, -0.05) is 0 Å². The lowest BCUT2D eigenvalue weighted by molar-refractivity contribution is 0.0746. The third-order valence-electron chi connectivity index (χ3n) is 5.40. The SMILES string of the molecule is Cc1cc(C#N)cnc1N1CCN(C(=O)c2ccc(N3CCCS3(=O)=O)nc2)CC1. The number of pyridine rings is 2. The summed E-state index contributed by atoms with van der Waals surface area (Å²) in [5, 5.41) is 8.99. The molecule has 2 aromatic heterocycles.